The average Bonchev–Trinajstić information content (AvgIpc) is 2.70. The van der Waals surface area contributed by atoms with E-state index in [2.05, 4.69) is 4.98 Å². The second kappa shape index (κ2) is 8.97. The van der Waals surface area contributed by atoms with E-state index in [1.165, 1.54) is 7.11 Å². The summed E-state index contributed by atoms with van der Waals surface area (Å²) in [4.78, 5) is 16.1. The molecule has 134 valence electrons. The third-order valence-corrected chi connectivity index (χ3v) is 3.87. The molecule has 3 rings (SSSR count). The molecule has 5 nitrogen and oxygen atoms in total. The minimum Gasteiger partial charge on any atom is -0.493 e. The molecule has 2 aromatic carbocycles. The molecule has 0 fully saturated rings. The van der Waals surface area contributed by atoms with Gasteiger partial charge in [-0.3, -0.25) is 0 Å². The van der Waals surface area contributed by atoms with Gasteiger partial charge in [-0.1, -0.05) is 42.5 Å². The molecule has 1 heterocycles. The fourth-order valence-electron chi connectivity index (χ4n) is 2.58. The molecule has 5 heteroatoms. The normalized spacial score (nSPS) is 10.7. The summed E-state index contributed by atoms with van der Waals surface area (Å²) in [6.07, 6.45) is 0.747. The van der Waals surface area contributed by atoms with Crippen LogP contribution in [0.5, 0.6) is 5.75 Å². The van der Waals surface area contributed by atoms with E-state index >= 15 is 0 Å². The Morgan fingerprint density at radius 3 is 2.58 bits per heavy atom. The number of rotatable bonds is 8. The second-order valence-electron chi connectivity index (χ2n) is 5.75. The Labute approximate surface area is 152 Å². The number of fused-ring (bicyclic) bond motifs is 1. The van der Waals surface area contributed by atoms with Crippen LogP contribution in [0.25, 0.3) is 10.9 Å². The van der Waals surface area contributed by atoms with E-state index in [4.69, 9.17) is 14.2 Å². The van der Waals surface area contributed by atoms with Crippen LogP contribution in [-0.4, -0.2) is 31.3 Å². The van der Waals surface area contributed by atoms with Crippen LogP contribution in [0.3, 0.4) is 0 Å². The maximum absolute atomic E-state index is 11.8. The predicted molar refractivity (Wildman–Crippen MR) is 99.3 cm³/mol. The lowest BCUT2D eigenvalue weighted by atomic mass is 10.2. The largest absolute Gasteiger partial charge is 0.493 e. The monoisotopic (exact) mass is 351 g/mol. The van der Waals surface area contributed by atoms with Gasteiger partial charge in [-0.15, -0.1) is 0 Å². The lowest BCUT2D eigenvalue weighted by molar-refractivity contribution is 0.0593. The molecular weight excluding hydrogens is 330 g/mol. The maximum atomic E-state index is 11.8. The molecule has 0 saturated carbocycles. The fourth-order valence-corrected chi connectivity index (χ4v) is 2.58. The maximum Gasteiger partial charge on any atom is 0.356 e. The van der Waals surface area contributed by atoms with E-state index in [1.54, 1.807) is 6.07 Å². The summed E-state index contributed by atoms with van der Waals surface area (Å²) in [5.41, 5.74) is 2.09. The number of carbonyl (C=O) groups excluding carboxylic acids is 1. The molecule has 0 saturated heterocycles. The van der Waals surface area contributed by atoms with E-state index in [0.29, 0.717) is 31.1 Å². The fraction of sp³-hybridized carbons (Fsp3) is 0.238. The van der Waals surface area contributed by atoms with Gasteiger partial charge in [0.1, 0.15) is 5.75 Å². The molecule has 0 unspecified atom stereocenters. The first-order chi connectivity index (χ1) is 12.8. The molecule has 0 atom stereocenters. The van der Waals surface area contributed by atoms with Gasteiger partial charge in [0.25, 0.3) is 0 Å². The second-order valence-corrected chi connectivity index (χ2v) is 5.75. The highest BCUT2D eigenvalue weighted by atomic mass is 16.5. The van der Waals surface area contributed by atoms with Crippen LogP contribution in [-0.2, 0) is 16.1 Å². The Balaban J connectivity index is 1.57. The lowest BCUT2D eigenvalue weighted by Crippen LogP contribution is -2.07. The predicted octanol–water partition coefficient (Wildman–Crippen LogP) is 4.01. The van der Waals surface area contributed by atoms with Crippen molar-refractivity contribution >= 4 is 16.9 Å². The topological polar surface area (TPSA) is 57.7 Å². The molecule has 0 N–H and O–H groups in total. The summed E-state index contributed by atoms with van der Waals surface area (Å²) in [6, 6.07) is 19.2. The van der Waals surface area contributed by atoms with Gasteiger partial charge in [-0.2, -0.15) is 0 Å². The van der Waals surface area contributed by atoms with Crippen LogP contribution in [0.1, 0.15) is 22.5 Å². The number of hydrogen-bond donors (Lipinski definition) is 0. The van der Waals surface area contributed by atoms with Crippen molar-refractivity contribution in [2.45, 2.75) is 13.0 Å². The highest BCUT2D eigenvalue weighted by Crippen LogP contribution is 2.25. The summed E-state index contributed by atoms with van der Waals surface area (Å²) in [6.45, 7) is 1.68. The molecule has 0 bridgehead atoms. The van der Waals surface area contributed by atoms with Crippen molar-refractivity contribution in [3.8, 4) is 5.75 Å². The molecule has 26 heavy (non-hydrogen) atoms. The smallest absolute Gasteiger partial charge is 0.356 e. The van der Waals surface area contributed by atoms with Gasteiger partial charge in [0.05, 0.1) is 32.4 Å². The van der Waals surface area contributed by atoms with Crippen LogP contribution >= 0.6 is 0 Å². The van der Waals surface area contributed by atoms with Crippen molar-refractivity contribution in [3.63, 3.8) is 0 Å². The number of methoxy groups -OCH3 is 1. The van der Waals surface area contributed by atoms with E-state index in [0.717, 1.165) is 17.4 Å². The molecule has 0 aliphatic heterocycles. The molecule has 1 aromatic heterocycles. The van der Waals surface area contributed by atoms with Crippen LogP contribution in [0.4, 0.5) is 0 Å². The molecule has 0 aliphatic rings. The number of hydrogen-bond acceptors (Lipinski definition) is 5. The van der Waals surface area contributed by atoms with Crippen LogP contribution in [0, 0.1) is 0 Å². The number of ether oxygens (including phenoxy) is 3. The van der Waals surface area contributed by atoms with Crippen LogP contribution in [0.15, 0.2) is 60.7 Å². The first-order valence-corrected chi connectivity index (χ1v) is 8.50. The Morgan fingerprint density at radius 2 is 1.77 bits per heavy atom. The minimum absolute atomic E-state index is 0.238. The Morgan fingerprint density at radius 1 is 1.00 bits per heavy atom. The third-order valence-electron chi connectivity index (χ3n) is 3.87. The molecule has 0 spiro atoms. The number of pyridine rings is 1. The van der Waals surface area contributed by atoms with Crippen molar-refractivity contribution in [3.05, 3.63) is 71.9 Å². The summed E-state index contributed by atoms with van der Waals surface area (Å²) in [5.74, 6) is 0.144. The number of para-hydroxylation sites is 1. The van der Waals surface area contributed by atoms with Crippen molar-refractivity contribution < 1.29 is 19.0 Å². The Kier molecular flexibility index (Phi) is 6.17. The van der Waals surface area contributed by atoms with Gasteiger partial charge in [0.2, 0.25) is 0 Å². The van der Waals surface area contributed by atoms with Crippen molar-refractivity contribution in [1.82, 2.24) is 4.98 Å². The summed E-state index contributed by atoms with van der Waals surface area (Å²) < 4.78 is 16.3. The van der Waals surface area contributed by atoms with E-state index in [1.807, 2.05) is 54.6 Å². The SMILES string of the molecule is COC(=O)c1cc(OCCCOCc2ccccc2)c2ccccc2n1. The third kappa shape index (κ3) is 4.58. The Bertz CT molecular complexity index is 864. The van der Waals surface area contributed by atoms with E-state index in [-0.39, 0.29) is 5.69 Å². The van der Waals surface area contributed by atoms with Gasteiger partial charge in [-0.25, -0.2) is 9.78 Å². The molecular formula is C21H21NO4. The van der Waals surface area contributed by atoms with Gasteiger partial charge >= 0.3 is 5.97 Å². The average molecular weight is 351 g/mol. The number of esters is 1. The quantitative estimate of drug-likeness (QED) is 0.453. The number of nitrogens with zero attached hydrogens (tertiary/aromatic N) is 1. The zero-order valence-corrected chi connectivity index (χ0v) is 14.7. The molecule has 0 aliphatic carbocycles. The summed E-state index contributed by atoms with van der Waals surface area (Å²) >= 11 is 0. The highest BCUT2D eigenvalue weighted by Gasteiger charge is 2.13. The van der Waals surface area contributed by atoms with Gasteiger partial charge in [-0.05, 0) is 17.7 Å². The first kappa shape index (κ1) is 17.9. The van der Waals surface area contributed by atoms with Gasteiger partial charge in [0, 0.05) is 17.9 Å². The lowest BCUT2D eigenvalue weighted by Gasteiger charge is -2.11. The zero-order valence-electron chi connectivity index (χ0n) is 14.7. The number of aromatic nitrogens is 1. The molecule has 0 radical (unpaired) electrons. The van der Waals surface area contributed by atoms with E-state index < -0.39 is 5.97 Å². The van der Waals surface area contributed by atoms with E-state index in [9.17, 15) is 4.79 Å². The van der Waals surface area contributed by atoms with Gasteiger partial charge < -0.3 is 14.2 Å². The van der Waals surface area contributed by atoms with Gasteiger partial charge in [0.15, 0.2) is 5.69 Å². The minimum atomic E-state index is -0.480. The number of benzene rings is 2. The Hall–Kier alpha value is -2.92. The molecule has 3 aromatic rings. The van der Waals surface area contributed by atoms with Crippen molar-refractivity contribution in [2.24, 2.45) is 0 Å². The standard InChI is InChI=1S/C21H21NO4/c1-24-21(23)19-14-20(17-10-5-6-11-18(17)22-19)26-13-7-12-25-15-16-8-3-2-4-9-16/h2-6,8-11,14H,7,12-13,15H2,1H3. The summed E-state index contributed by atoms with van der Waals surface area (Å²) in [7, 11) is 1.34. The summed E-state index contributed by atoms with van der Waals surface area (Å²) in [5, 5.41) is 0.866. The van der Waals surface area contributed by atoms with Crippen molar-refractivity contribution in [1.29, 1.82) is 0 Å². The highest BCUT2D eigenvalue weighted by molar-refractivity contribution is 5.93. The van der Waals surface area contributed by atoms with Crippen LogP contribution < -0.4 is 4.74 Å². The van der Waals surface area contributed by atoms with Crippen molar-refractivity contribution in [2.75, 3.05) is 20.3 Å². The molecule has 0 amide bonds. The zero-order chi connectivity index (χ0) is 18.2. The number of carbonyl (C=O) groups is 1. The van der Waals surface area contributed by atoms with Crippen LogP contribution in [0.2, 0.25) is 0 Å². The first-order valence-electron chi connectivity index (χ1n) is 8.50.